The van der Waals surface area contributed by atoms with Gasteiger partial charge in [-0.1, -0.05) is 18.2 Å². The molecule has 0 heterocycles. The van der Waals surface area contributed by atoms with Gasteiger partial charge in [0.15, 0.2) is 0 Å². The molecule has 1 aromatic carbocycles. The molecular formula is C13H19F2O3PS. The molecule has 0 unspecified atom stereocenters. The summed E-state index contributed by atoms with van der Waals surface area (Å²) in [7, 11) is -4.57. The first-order valence-corrected chi connectivity index (χ1v) is 8.61. The Labute approximate surface area is 122 Å². The van der Waals surface area contributed by atoms with E-state index >= 15 is 0 Å². The molecule has 7 heteroatoms. The molecule has 0 amide bonds. The van der Waals surface area contributed by atoms with E-state index in [4.69, 9.17) is 9.05 Å². The molecule has 1 rings (SSSR count). The topological polar surface area (TPSA) is 35.5 Å². The van der Waals surface area contributed by atoms with Crippen molar-refractivity contribution in [1.29, 1.82) is 0 Å². The number of benzene rings is 1. The average Bonchev–Trinajstić information content (AvgIpc) is 2.27. The maximum Gasteiger partial charge on any atom is 0.411 e. The van der Waals surface area contributed by atoms with Crippen LogP contribution in [0.2, 0.25) is 0 Å². The Hall–Kier alpha value is -0.420. The first-order valence-electron chi connectivity index (χ1n) is 6.25. The van der Waals surface area contributed by atoms with E-state index in [9.17, 15) is 13.3 Å². The Morgan fingerprint density at radius 3 is 1.90 bits per heavy atom. The summed E-state index contributed by atoms with van der Waals surface area (Å²) in [5, 5.41) is 0. The van der Waals surface area contributed by atoms with Crippen molar-refractivity contribution in [3.8, 4) is 0 Å². The highest BCUT2D eigenvalue weighted by atomic mass is 32.2. The van der Waals surface area contributed by atoms with E-state index in [0.29, 0.717) is 4.90 Å². The molecule has 0 aliphatic carbocycles. The highest BCUT2D eigenvalue weighted by Crippen LogP contribution is 2.68. The van der Waals surface area contributed by atoms with Crippen LogP contribution in [0, 0.1) is 0 Å². The fourth-order valence-corrected chi connectivity index (χ4v) is 4.39. The summed E-state index contributed by atoms with van der Waals surface area (Å²) in [5.74, 6) is 0. The minimum absolute atomic E-state index is 0.190. The first-order chi connectivity index (χ1) is 9.16. The molecule has 114 valence electrons. The lowest BCUT2D eigenvalue weighted by Gasteiger charge is -2.28. The molecule has 0 bridgehead atoms. The van der Waals surface area contributed by atoms with Gasteiger partial charge < -0.3 is 9.05 Å². The van der Waals surface area contributed by atoms with Crippen molar-refractivity contribution in [2.75, 3.05) is 0 Å². The molecule has 0 N–H and O–H groups in total. The Balaban J connectivity index is 3.01. The zero-order valence-corrected chi connectivity index (χ0v) is 13.6. The van der Waals surface area contributed by atoms with Crippen LogP contribution < -0.4 is 0 Å². The van der Waals surface area contributed by atoms with E-state index in [0.717, 1.165) is 0 Å². The molecule has 0 aliphatic rings. The number of hydrogen-bond acceptors (Lipinski definition) is 4. The Morgan fingerprint density at radius 2 is 1.50 bits per heavy atom. The van der Waals surface area contributed by atoms with Crippen LogP contribution in [0.1, 0.15) is 27.7 Å². The van der Waals surface area contributed by atoms with E-state index < -0.39 is 24.8 Å². The fourth-order valence-electron chi connectivity index (χ4n) is 1.39. The molecule has 0 radical (unpaired) electrons. The molecule has 3 nitrogen and oxygen atoms in total. The van der Waals surface area contributed by atoms with Crippen molar-refractivity contribution in [3.63, 3.8) is 0 Å². The van der Waals surface area contributed by atoms with Gasteiger partial charge in [0, 0.05) is 4.90 Å². The summed E-state index contributed by atoms with van der Waals surface area (Å²) in [6.45, 7) is 6.17. The molecule has 1 aromatic rings. The Bertz CT molecular complexity index is 452. The Kier molecular flexibility index (Phi) is 6.20. The molecular weight excluding hydrogens is 305 g/mol. The van der Waals surface area contributed by atoms with E-state index in [1.54, 1.807) is 45.9 Å². The van der Waals surface area contributed by atoms with Gasteiger partial charge in [0.05, 0.1) is 12.2 Å². The van der Waals surface area contributed by atoms with E-state index in [1.165, 1.54) is 12.1 Å². The molecule has 0 atom stereocenters. The largest absolute Gasteiger partial charge is 0.411 e. The molecule has 0 aliphatic heterocycles. The van der Waals surface area contributed by atoms with Gasteiger partial charge in [-0.25, -0.2) is 0 Å². The Morgan fingerprint density at radius 1 is 1.05 bits per heavy atom. The monoisotopic (exact) mass is 324 g/mol. The number of halogens is 2. The normalized spacial score (nSPS) is 13.2. The van der Waals surface area contributed by atoms with Gasteiger partial charge >= 0.3 is 12.6 Å². The van der Waals surface area contributed by atoms with Gasteiger partial charge in [0.1, 0.15) is 0 Å². The van der Waals surface area contributed by atoms with Gasteiger partial charge in [-0.05, 0) is 51.6 Å². The zero-order chi connectivity index (χ0) is 15.4. The second-order valence-electron chi connectivity index (χ2n) is 4.71. The molecule has 0 saturated heterocycles. The van der Waals surface area contributed by atoms with Crippen LogP contribution in [0.3, 0.4) is 0 Å². The van der Waals surface area contributed by atoms with Crippen LogP contribution in [0.25, 0.3) is 0 Å². The third-order valence-electron chi connectivity index (χ3n) is 2.00. The van der Waals surface area contributed by atoms with Crippen LogP contribution in [0.15, 0.2) is 35.2 Å². The maximum absolute atomic E-state index is 14.3. The number of rotatable bonds is 7. The predicted molar refractivity (Wildman–Crippen MR) is 77.3 cm³/mol. The summed E-state index contributed by atoms with van der Waals surface area (Å²) in [4.78, 5) is -3.35. The summed E-state index contributed by atoms with van der Waals surface area (Å²) in [5.41, 5.74) is 0. The van der Waals surface area contributed by atoms with Crippen molar-refractivity contribution in [1.82, 2.24) is 0 Å². The van der Waals surface area contributed by atoms with Gasteiger partial charge in [-0.3, -0.25) is 4.57 Å². The average molecular weight is 324 g/mol. The quantitative estimate of drug-likeness (QED) is 0.499. The van der Waals surface area contributed by atoms with Crippen molar-refractivity contribution >= 4 is 19.4 Å². The summed E-state index contributed by atoms with van der Waals surface area (Å²) < 4.78 is 51.0. The highest BCUT2D eigenvalue weighted by Gasteiger charge is 2.55. The summed E-state index contributed by atoms with van der Waals surface area (Å²) in [6.07, 6.45) is -1.25. The molecule has 0 saturated carbocycles. The van der Waals surface area contributed by atoms with Gasteiger partial charge in [0.2, 0.25) is 0 Å². The number of thioether (sulfide) groups is 1. The minimum atomic E-state index is -4.57. The van der Waals surface area contributed by atoms with Crippen molar-refractivity contribution in [2.45, 2.75) is 49.8 Å². The SMILES string of the molecule is CC(C)OP(=O)(OC(C)C)C(F)(F)Sc1ccccc1. The van der Waals surface area contributed by atoms with Gasteiger partial charge in [-0.2, -0.15) is 8.78 Å². The third-order valence-corrected chi connectivity index (χ3v) is 5.74. The minimum Gasteiger partial charge on any atom is -0.301 e. The summed E-state index contributed by atoms with van der Waals surface area (Å²) in [6, 6.07) is 8.03. The zero-order valence-electron chi connectivity index (χ0n) is 11.9. The lowest BCUT2D eigenvalue weighted by molar-refractivity contribution is 0.0755. The number of hydrogen-bond donors (Lipinski definition) is 0. The second-order valence-corrected chi connectivity index (χ2v) is 8.18. The van der Waals surface area contributed by atoms with Gasteiger partial charge in [0.25, 0.3) is 0 Å². The predicted octanol–water partition coefficient (Wildman–Crippen LogP) is 5.37. The molecule has 0 fully saturated rings. The lowest BCUT2D eigenvalue weighted by atomic mass is 10.4. The third kappa shape index (κ3) is 4.85. The fraction of sp³-hybridized carbons (Fsp3) is 0.538. The summed E-state index contributed by atoms with van der Waals surface area (Å²) >= 11 is 0.190. The highest BCUT2D eigenvalue weighted by molar-refractivity contribution is 8.06. The van der Waals surface area contributed by atoms with Gasteiger partial charge in [-0.15, -0.1) is 0 Å². The van der Waals surface area contributed by atoms with Crippen LogP contribution in [0.5, 0.6) is 0 Å². The maximum atomic E-state index is 14.3. The number of alkyl halides is 2. The first kappa shape index (κ1) is 17.6. The standard InChI is InChI=1S/C13H19F2O3PS/c1-10(2)17-19(16,18-11(3)4)13(14,15)20-12-8-6-5-7-9-12/h5-11H,1-4H3. The van der Waals surface area contributed by atoms with E-state index in [2.05, 4.69) is 0 Å². The van der Waals surface area contributed by atoms with Crippen LogP contribution in [-0.2, 0) is 13.6 Å². The molecule has 20 heavy (non-hydrogen) atoms. The van der Waals surface area contributed by atoms with Crippen molar-refractivity contribution in [3.05, 3.63) is 30.3 Å². The molecule has 0 spiro atoms. The lowest BCUT2D eigenvalue weighted by Crippen LogP contribution is -2.20. The smallest absolute Gasteiger partial charge is 0.301 e. The van der Waals surface area contributed by atoms with Crippen molar-refractivity contribution < 1.29 is 22.4 Å². The van der Waals surface area contributed by atoms with Crippen LogP contribution in [0.4, 0.5) is 8.78 Å². The molecule has 0 aromatic heterocycles. The van der Waals surface area contributed by atoms with Crippen LogP contribution in [-0.4, -0.2) is 17.2 Å². The van der Waals surface area contributed by atoms with E-state index in [1.807, 2.05) is 0 Å². The van der Waals surface area contributed by atoms with Crippen LogP contribution >= 0.6 is 19.4 Å². The van der Waals surface area contributed by atoms with E-state index in [-0.39, 0.29) is 11.8 Å². The van der Waals surface area contributed by atoms with Crippen molar-refractivity contribution in [2.24, 2.45) is 0 Å². The second kappa shape index (κ2) is 7.03.